The lowest BCUT2D eigenvalue weighted by molar-refractivity contribution is -0.923. The lowest BCUT2D eigenvalue weighted by atomic mass is 10.1. The van der Waals surface area contributed by atoms with Crippen LogP contribution in [-0.4, -0.2) is 42.4 Å². The molecule has 0 aliphatic rings. The van der Waals surface area contributed by atoms with Crippen LogP contribution in [-0.2, 0) is 0 Å². The Hall–Kier alpha value is -1.53. The molecule has 0 aliphatic heterocycles. The average Bonchev–Trinajstić information content (AvgIpc) is 2.66. The van der Waals surface area contributed by atoms with Gasteiger partial charge in [-0.25, -0.2) is 0 Å². The first-order valence-corrected chi connectivity index (χ1v) is 9.16. The molecule has 0 bridgehead atoms. The van der Waals surface area contributed by atoms with E-state index in [1.54, 1.807) is 12.1 Å². The monoisotopic (exact) mass is 467 g/mol. The summed E-state index contributed by atoms with van der Waals surface area (Å²) in [5.74, 6) is 1.21. The van der Waals surface area contributed by atoms with Crippen LogP contribution in [0.1, 0.15) is 31.9 Å². The number of quaternary nitrogens is 1. The molecule has 0 amide bonds. The van der Waals surface area contributed by atoms with Gasteiger partial charge in [0.05, 0.1) is 19.6 Å². The molecular formula is C22H30INO2. The lowest BCUT2D eigenvalue weighted by Gasteiger charge is -2.35. The fraction of sp³-hybridized carbons (Fsp3) is 0.364. The predicted molar refractivity (Wildman–Crippen MR) is 106 cm³/mol. The Bertz CT molecular complexity index is 653. The van der Waals surface area contributed by atoms with Gasteiger partial charge in [-0.2, -0.15) is 0 Å². The molecule has 4 heteroatoms. The number of phenolic OH excluding ortho intramolecular Hbond substituents is 1. The minimum Gasteiger partial charge on any atom is -1.00 e. The highest BCUT2D eigenvalue weighted by Gasteiger charge is 2.20. The molecule has 1 N–H and O–H groups in total. The minimum absolute atomic E-state index is 0. The number of rotatable bonds is 9. The van der Waals surface area contributed by atoms with Crippen molar-refractivity contribution in [1.29, 1.82) is 0 Å². The highest BCUT2D eigenvalue weighted by atomic mass is 127. The van der Waals surface area contributed by atoms with Crippen LogP contribution in [0.5, 0.6) is 11.5 Å². The molecule has 0 spiro atoms. The van der Waals surface area contributed by atoms with Gasteiger partial charge < -0.3 is 38.3 Å². The highest BCUT2D eigenvalue weighted by molar-refractivity contribution is 5.70. The van der Waals surface area contributed by atoms with Gasteiger partial charge in [0, 0.05) is 0 Å². The number of halogens is 1. The SMILES string of the molecule is CC[N+](CC)(CC)CCOc1ccc(/C=C/c2ccc(O)cc2)cc1.[I-]. The number of phenols is 1. The Labute approximate surface area is 174 Å². The summed E-state index contributed by atoms with van der Waals surface area (Å²) in [4.78, 5) is 0. The Morgan fingerprint density at radius 2 is 1.27 bits per heavy atom. The summed E-state index contributed by atoms with van der Waals surface area (Å²) in [6.45, 7) is 12.0. The van der Waals surface area contributed by atoms with Crippen molar-refractivity contribution in [3.05, 3.63) is 59.7 Å². The van der Waals surface area contributed by atoms with E-state index in [9.17, 15) is 5.11 Å². The number of nitrogens with zero attached hydrogens (tertiary/aromatic N) is 1. The summed E-state index contributed by atoms with van der Waals surface area (Å²) in [5.41, 5.74) is 2.19. The molecule has 0 radical (unpaired) electrons. The average molecular weight is 467 g/mol. The molecule has 0 unspecified atom stereocenters. The second-order valence-corrected chi connectivity index (χ2v) is 6.36. The van der Waals surface area contributed by atoms with Crippen LogP contribution < -0.4 is 28.7 Å². The predicted octanol–water partition coefficient (Wildman–Crippen LogP) is 1.82. The second-order valence-electron chi connectivity index (χ2n) is 6.36. The quantitative estimate of drug-likeness (QED) is 0.347. The number of hydrogen-bond donors (Lipinski definition) is 1. The second kappa shape index (κ2) is 11.2. The van der Waals surface area contributed by atoms with Crippen LogP contribution in [0.15, 0.2) is 48.5 Å². The molecule has 0 saturated carbocycles. The molecule has 0 aliphatic carbocycles. The van der Waals surface area contributed by atoms with E-state index >= 15 is 0 Å². The summed E-state index contributed by atoms with van der Waals surface area (Å²) in [5, 5.41) is 9.30. The highest BCUT2D eigenvalue weighted by Crippen LogP contribution is 2.16. The summed E-state index contributed by atoms with van der Waals surface area (Å²) >= 11 is 0. The van der Waals surface area contributed by atoms with Crippen molar-refractivity contribution < 1.29 is 38.3 Å². The van der Waals surface area contributed by atoms with Crippen molar-refractivity contribution in [3.8, 4) is 11.5 Å². The first-order valence-electron chi connectivity index (χ1n) is 9.16. The molecule has 142 valence electrons. The number of likely N-dealkylation sites (N-methyl/N-ethyl adjacent to an activating group) is 1. The van der Waals surface area contributed by atoms with Gasteiger partial charge in [-0.15, -0.1) is 0 Å². The van der Waals surface area contributed by atoms with Crippen molar-refractivity contribution in [2.45, 2.75) is 20.8 Å². The minimum atomic E-state index is 0. The molecule has 0 fully saturated rings. The van der Waals surface area contributed by atoms with Gasteiger partial charge in [-0.3, -0.25) is 0 Å². The normalized spacial score (nSPS) is 11.3. The van der Waals surface area contributed by atoms with E-state index in [0.717, 1.165) is 54.1 Å². The number of ether oxygens (including phenoxy) is 1. The molecule has 0 aromatic heterocycles. The van der Waals surface area contributed by atoms with Gasteiger partial charge >= 0.3 is 0 Å². The topological polar surface area (TPSA) is 29.5 Å². The lowest BCUT2D eigenvalue weighted by Crippen LogP contribution is -3.00. The van der Waals surface area contributed by atoms with E-state index < -0.39 is 0 Å². The maximum Gasteiger partial charge on any atom is 0.137 e. The van der Waals surface area contributed by atoms with Crippen LogP contribution in [0.25, 0.3) is 12.2 Å². The zero-order valence-corrected chi connectivity index (χ0v) is 18.1. The third kappa shape index (κ3) is 6.65. The van der Waals surface area contributed by atoms with Crippen molar-refractivity contribution in [2.75, 3.05) is 32.8 Å². The van der Waals surface area contributed by atoms with E-state index in [1.807, 2.05) is 30.3 Å². The number of benzene rings is 2. The van der Waals surface area contributed by atoms with Crippen LogP contribution in [0.3, 0.4) is 0 Å². The third-order valence-electron chi connectivity index (χ3n) is 5.09. The molecule has 0 saturated heterocycles. The largest absolute Gasteiger partial charge is 1.00 e. The summed E-state index contributed by atoms with van der Waals surface area (Å²) < 4.78 is 7.04. The summed E-state index contributed by atoms with van der Waals surface area (Å²) in [6, 6.07) is 15.3. The number of aromatic hydroxyl groups is 1. The standard InChI is InChI=1S/C22H29NO2.HI/c1-4-23(5-2,6-3)17-18-25-22-15-11-20(12-16-22)8-7-19-9-13-21(24)14-10-19;/h7-16H,4-6,17-18H2,1-3H3;1H/b8-7+;. The molecule has 2 aromatic carbocycles. The van der Waals surface area contributed by atoms with Crippen LogP contribution >= 0.6 is 0 Å². The Morgan fingerprint density at radius 1 is 0.808 bits per heavy atom. The molecule has 2 aromatic rings. The van der Waals surface area contributed by atoms with E-state index in [1.165, 1.54) is 0 Å². The fourth-order valence-electron chi connectivity index (χ4n) is 2.96. The molecule has 2 rings (SSSR count). The van der Waals surface area contributed by atoms with Crippen LogP contribution in [0.2, 0.25) is 0 Å². The Morgan fingerprint density at radius 3 is 1.73 bits per heavy atom. The maximum atomic E-state index is 9.30. The van der Waals surface area contributed by atoms with E-state index in [4.69, 9.17) is 4.74 Å². The van der Waals surface area contributed by atoms with Gasteiger partial charge in [0.25, 0.3) is 0 Å². The Kier molecular flexibility index (Phi) is 9.73. The van der Waals surface area contributed by atoms with E-state index in [0.29, 0.717) is 0 Å². The van der Waals surface area contributed by atoms with Crippen LogP contribution in [0, 0.1) is 0 Å². The smallest absolute Gasteiger partial charge is 0.137 e. The molecule has 3 nitrogen and oxygen atoms in total. The summed E-state index contributed by atoms with van der Waals surface area (Å²) in [6.07, 6.45) is 4.09. The first kappa shape index (κ1) is 22.5. The molecule has 26 heavy (non-hydrogen) atoms. The van der Waals surface area contributed by atoms with Gasteiger partial charge in [-0.1, -0.05) is 36.4 Å². The molecular weight excluding hydrogens is 437 g/mol. The maximum absolute atomic E-state index is 9.30. The van der Waals surface area contributed by atoms with Gasteiger partial charge in [0.1, 0.15) is 24.7 Å². The fourth-order valence-corrected chi connectivity index (χ4v) is 2.96. The van der Waals surface area contributed by atoms with E-state index in [2.05, 4.69) is 39.0 Å². The van der Waals surface area contributed by atoms with Gasteiger partial charge in [0.15, 0.2) is 0 Å². The van der Waals surface area contributed by atoms with Crippen molar-refractivity contribution >= 4 is 12.2 Å². The van der Waals surface area contributed by atoms with E-state index in [-0.39, 0.29) is 29.7 Å². The van der Waals surface area contributed by atoms with Gasteiger partial charge in [0.2, 0.25) is 0 Å². The van der Waals surface area contributed by atoms with Crippen molar-refractivity contribution in [3.63, 3.8) is 0 Å². The third-order valence-corrected chi connectivity index (χ3v) is 5.09. The van der Waals surface area contributed by atoms with Crippen molar-refractivity contribution in [2.24, 2.45) is 0 Å². The summed E-state index contributed by atoms with van der Waals surface area (Å²) in [7, 11) is 0. The Balaban J connectivity index is 0.00000338. The van der Waals surface area contributed by atoms with Crippen molar-refractivity contribution in [1.82, 2.24) is 0 Å². The molecule has 0 atom stereocenters. The van der Waals surface area contributed by atoms with Gasteiger partial charge in [-0.05, 0) is 56.2 Å². The zero-order valence-electron chi connectivity index (χ0n) is 16.0. The first-order chi connectivity index (χ1) is 12.1. The zero-order chi connectivity index (χ0) is 18.1. The molecule has 0 heterocycles. The number of hydrogen-bond acceptors (Lipinski definition) is 2. The van der Waals surface area contributed by atoms with Crippen LogP contribution in [0.4, 0.5) is 0 Å².